The Morgan fingerprint density at radius 3 is 2.93 bits per heavy atom. The lowest BCUT2D eigenvalue weighted by Crippen LogP contribution is -2.26. The molecule has 0 saturated heterocycles. The van der Waals surface area contributed by atoms with Crippen LogP contribution in [0.25, 0.3) is 0 Å². The third kappa shape index (κ3) is 1.63. The smallest absolute Gasteiger partial charge is 0.326 e. The summed E-state index contributed by atoms with van der Waals surface area (Å²) in [5.41, 5.74) is 2.97. The quantitative estimate of drug-likeness (QED) is 0.770. The number of fused-ring (bicyclic) bond motifs is 1. The summed E-state index contributed by atoms with van der Waals surface area (Å²) in [5, 5.41) is 11.9. The average molecular weight is 207 g/mol. The van der Waals surface area contributed by atoms with Crippen molar-refractivity contribution in [3.05, 3.63) is 23.3 Å². The van der Waals surface area contributed by atoms with E-state index in [2.05, 4.69) is 5.32 Å². The zero-order chi connectivity index (χ0) is 11.0. The van der Waals surface area contributed by atoms with Crippen LogP contribution in [0.15, 0.2) is 12.1 Å². The highest BCUT2D eigenvalue weighted by molar-refractivity contribution is 5.82. The molecule has 4 heteroatoms. The summed E-state index contributed by atoms with van der Waals surface area (Å²) in [6.45, 7) is 1.94. The van der Waals surface area contributed by atoms with Crippen LogP contribution in [0.4, 0.5) is 5.69 Å². The number of hydrogen-bond donors (Lipinski definition) is 2. The molecule has 1 aliphatic heterocycles. The van der Waals surface area contributed by atoms with Crippen LogP contribution in [0.5, 0.6) is 5.75 Å². The van der Waals surface area contributed by atoms with Gasteiger partial charge in [0.1, 0.15) is 11.8 Å². The maximum absolute atomic E-state index is 10.8. The zero-order valence-corrected chi connectivity index (χ0v) is 8.70. The van der Waals surface area contributed by atoms with Crippen molar-refractivity contribution >= 4 is 11.7 Å². The van der Waals surface area contributed by atoms with Gasteiger partial charge in [-0.25, -0.2) is 4.79 Å². The topological polar surface area (TPSA) is 58.6 Å². The fourth-order valence-electron chi connectivity index (χ4n) is 1.90. The van der Waals surface area contributed by atoms with Gasteiger partial charge in [-0.2, -0.15) is 0 Å². The summed E-state index contributed by atoms with van der Waals surface area (Å²) in [6.07, 6.45) is 0.517. The molecule has 1 aromatic carbocycles. The number of carboxylic acid groups (broad SMARTS) is 1. The Morgan fingerprint density at radius 2 is 2.33 bits per heavy atom. The second-order valence-electron chi connectivity index (χ2n) is 3.72. The normalized spacial score (nSPS) is 18.1. The van der Waals surface area contributed by atoms with Crippen LogP contribution in [0.3, 0.4) is 0 Å². The maximum Gasteiger partial charge on any atom is 0.326 e. The standard InChI is InChI=1S/C11H13NO3/c1-6-3-8(15-2)4-7-5-9(11(13)14)12-10(6)7/h3-4,9,12H,5H2,1-2H3,(H,13,14). The van der Waals surface area contributed by atoms with Crippen molar-refractivity contribution < 1.29 is 14.6 Å². The van der Waals surface area contributed by atoms with Gasteiger partial charge in [0.25, 0.3) is 0 Å². The fraction of sp³-hybridized carbons (Fsp3) is 0.364. The fourth-order valence-corrected chi connectivity index (χ4v) is 1.90. The molecule has 2 rings (SSSR count). The van der Waals surface area contributed by atoms with Gasteiger partial charge in [-0.05, 0) is 30.2 Å². The van der Waals surface area contributed by atoms with Gasteiger partial charge in [0, 0.05) is 12.1 Å². The highest BCUT2D eigenvalue weighted by atomic mass is 16.5. The number of carbonyl (C=O) groups is 1. The summed E-state index contributed by atoms with van der Waals surface area (Å²) in [4.78, 5) is 10.8. The molecule has 80 valence electrons. The minimum absolute atomic E-state index is 0.509. The van der Waals surface area contributed by atoms with E-state index in [1.807, 2.05) is 19.1 Å². The molecule has 0 saturated carbocycles. The maximum atomic E-state index is 10.8. The lowest BCUT2D eigenvalue weighted by atomic mass is 10.1. The molecule has 0 amide bonds. The molecule has 0 spiro atoms. The van der Waals surface area contributed by atoms with Gasteiger partial charge in [-0.15, -0.1) is 0 Å². The molecule has 0 aliphatic carbocycles. The Hall–Kier alpha value is -1.71. The first-order valence-electron chi connectivity index (χ1n) is 4.78. The predicted octanol–water partition coefficient (Wildman–Crippen LogP) is 1.42. The number of methoxy groups -OCH3 is 1. The molecule has 2 N–H and O–H groups in total. The van der Waals surface area contributed by atoms with Crippen molar-refractivity contribution in [2.75, 3.05) is 12.4 Å². The third-order valence-electron chi connectivity index (χ3n) is 2.67. The van der Waals surface area contributed by atoms with E-state index in [9.17, 15) is 4.79 Å². The first-order chi connectivity index (χ1) is 7.11. The van der Waals surface area contributed by atoms with E-state index >= 15 is 0 Å². The van der Waals surface area contributed by atoms with Gasteiger partial charge in [0.15, 0.2) is 0 Å². The van der Waals surface area contributed by atoms with E-state index in [1.54, 1.807) is 7.11 Å². The Kier molecular flexibility index (Phi) is 2.26. The number of aryl methyl sites for hydroxylation is 1. The summed E-state index contributed by atoms with van der Waals surface area (Å²) in [7, 11) is 1.61. The van der Waals surface area contributed by atoms with E-state index in [4.69, 9.17) is 9.84 Å². The molecule has 1 aromatic rings. The summed E-state index contributed by atoms with van der Waals surface area (Å²) >= 11 is 0. The Morgan fingerprint density at radius 1 is 1.60 bits per heavy atom. The van der Waals surface area contributed by atoms with Gasteiger partial charge in [-0.3, -0.25) is 0 Å². The van der Waals surface area contributed by atoms with Crippen LogP contribution in [-0.2, 0) is 11.2 Å². The Labute approximate surface area is 87.9 Å². The number of carboxylic acids is 1. The zero-order valence-electron chi connectivity index (χ0n) is 8.70. The third-order valence-corrected chi connectivity index (χ3v) is 2.67. The molecule has 0 fully saturated rings. The molecule has 4 nitrogen and oxygen atoms in total. The van der Waals surface area contributed by atoms with E-state index in [0.717, 1.165) is 22.6 Å². The molecular weight excluding hydrogens is 194 g/mol. The predicted molar refractivity (Wildman–Crippen MR) is 56.5 cm³/mol. The molecule has 0 aromatic heterocycles. The molecule has 1 unspecified atom stereocenters. The van der Waals surface area contributed by atoms with Gasteiger partial charge >= 0.3 is 5.97 Å². The van der Waals surface area contributed by atoms with E-state index in [-0.39, 0.29) is 0 Å². The number of aliphatic carboxylic acids is 1. The van der Waals surface area contributed by atoms with E-state index < -0.39 is 12.0 Å². The molecule has 0 radical (unpaired) electrons. The minimum Gasteiger partial charge on any atom is -0.497 e. The molecule has 1 aliphatic rings. The lowest BCUT2D eigenvalue weighted by molar-refractivity contribution is -0.137. The summed E-state index contributed by atoms with van der Waals surface area (Å²) in [5.74, 6) is -0.0383. The highest BCUT2D eigenvalue weighted by Crippen LogP contribution is 2.33. The Balaban J connectivity index is 2.37. The second kappa shape index (κ2) is 3.46. The minimum atomic E-state index is -0.815. The van der Waals surface area contributed by atoms with Crippen LogP contribution in [0.1, 0.15) is 11.1 Å². The van der Waals surface area contributed by atoms with Crippen LogP contribution in [0.2, 0.25) is 0 Å². The van der Waals surface area contributed by atoms with Gasteiger partial charge in [-0.1, -0.05) is 0 Å². The Bertz CT molecular complexity index is 415. The van der Waals surface area contributed by atoms with Crippen molar-refractivity contribution in [1.82, 2.24) is 0 Å². The van der Waals surface area contributed by atoms with Crippen LogP contribution < -0.4 is 10.1 Å². The number of benzene rings is 1. The number of rotatable bonds is 2. The largest absolute Gasteiger partial charge is 0.497 e. The number of ether oxygens (including phenoxy) is 1. The SMILES string of the molecule is COc1cc(C)c2c(c1)CC(C(=O)O)N2. The van der Waals surface area contributed by atoms with Crippen molar-refractivity contribution in [1.29, 1.82) is 0 Å². The van der Waals surface area contributed by atoms with Crippen molar-refractivity contribution in [3.63, 3.8) is 0 Å². The van der Waals surface area contributed by atoms with Crippen LogP contribution >= 0.6 is 0 Å². The van der Waals surface area contributed by atoms with E-state index in [1.165, 1.54) is 0 Å². The summed E-state index contributed by atoms with van der Waals surface area (Å²) < 4.78 is 5.14. The molecule has 0 bridgehead atoms. The van der Waals surface area contributed by atoms with Crippen LogP contribution in [0, 0.1) is 6.92 Å². The van der Waals surface area contributed by atoms with Crippen molar-refractivity contribution in [2.45, 2.75) is 19.4 Å². The molecular formula is C11H13NO3. The van der Waals surface area contributed by atoms with Gasteiger partial charge in [0.05, 0.1) is 7.11 Å². The number of hydrogen-bond acceptors (Lipinski definition) is 3. The second-order valence-corrected chi connectivity index (χ2v) is 3.72. The molecule has 15 heavy (non-hydrogen) atoms. The van der Waals surface area contributed by atoms with Crippen molar-refractivity contribution in [2.24, 2.45) is 0 Å². The number of anilines is 1. The lowest BCUT2D eigenvalue weighted by Gasteiger charge is -2.08. The van der Waals surface area contributed by atoms with E-state index in [0.29, 0.717) is 6.42 Å². The number of nitrogens with one attached hydrogen (secondary N) is 1. The highest BCUT2D eigenvalue weighted by Gasteiger charge is 2.27. The summed E-state index contributed by atoms with van der Waals surface area (Å²) in [6, 6.07) is 3.28. The molecule has 1 heterocycles. The van der Waals surface area contributed by atoms with Crippen molar-refractivity contribution in [3.8, 4) is 5.75 Å². The monoisotopic (exact) mass is 207 g/mol. The van der Waals surface area contributed by atoms with Crippen LogP contribution in [-0.4, -0.2) is 24.2 Å². The molecule has 1 atom stereocenters. The first-order valence-corrected chi connectivity index (χ1v) is 4.78. The van der Waals surface area contributed by atoms with Gasteiger partial charge in [0.2, 0.25) is 0 Å². The average Bonchev–Trinajstić information content (AvgIpc) is 2.61. The van der Waals surface area contributed by atoms with Gasteiger partial charge < -0.3 is 15.2 Å². The first kappa shape index (κ1) is 9.83.